The number of hydrogen-bond donors (Lipinski definition) is 2. The Bertz CT molecular complexity index is 258. The first-order valence-corrected chi connectivity index (χ1v) is 5.30. The molecule has 0 unspecified atom stereocenters. The second kappa shape index (κ2) is 5.17. The third-order valence-electron chi connectivity index (χ3n) is 2.00. The van der Waals surface area contributed by atoms with E-state index in [0.29, 0.717) is 6.04 Å². The lowest BCUT2D eigenvalue weighted by Crippen LogP contribution is -2.42. The largest absolute Gasteiger partial charge is 0.314 e. The van der Waals surface area contributed by atoms with Gasteiger partial charge in [0.05, 0.1) is 11.1 Å². The highest BCUT2D eigenvalue weighted by Gasteiger charge is 2.17. The van der Waals surface area contributed by atoms with Gasteiger partial charge in [0, 0.05) is 24.5 Å². The average molecular weight is 239 g/mol. The van der Waals surface area contributed by atoms with Gasteiger partial charge in [-0.2, -0.15) is 0 Å². The van der Waals surface area contributed by atoms with E-state index in [9.17, 15) is 0 Å². The van der Waals surface area contributed by atoms with Crippen molar-refractivity contribution in [3.63, 3.8) is 0 Å². The van der Waals surface area contributed by atoms with Gasteiger partial charge in [0.2, 0.25) is 0 Å². The fraction of sp³-hybridized carbons (Fsp3) is 0.500. The summed E-state index contributed by atoms with van der Waals surface area (Å²) >= 11 is 7.74. The quantitative estimate of drug-likeness (QED) is 0.783. The summed E-state index contributed by atoms with van der Waals surface area (Å²) in [6.07, 6.45) is 0. The molecule has 13 heavy (non-hydrogen) atoms. The van der Waals surface area contributed by atoms with Gasteiger partial charge in [0.25, 0.3) is 0 Å². The molecular formula is C8H12Cl2N2S. The summed E-state index contributed by atoms with van der Waals surface area (Å²) in [4.78, 5) is 1.25. The van der Waals surface area contributed by atoms with Gasteiger partial charge in [-0.1, -0.05) is 11.6 Å². The fourth-order valence-corrected chi connectivity index (χ4v) is 2.66. The number of nitrogens with one attached hydrogen (secondary N) is 2. The fourth-order valence-electron chi connectivity index (χ4n) is 1.39. The molecule has 0 bridgehead atoms. The summed E-state index contributed by atoms with van der Waals surface area (Å²) in [5.41, 5.74) is 0. The molecule has 1 aromatic rings. The van der Waals surface area contributed by atoms with Crippen LogP contribution in [-0.4, -0.2) is 19.6 Å². The summed E-state index contributed by atoms with van der Waals surface area (Å²) in [5, 5.41) is 9.69. The molecule has 2 N–H and O–H groups in total. The summed E-state index contributed by atoms with van der Waals surface area (Å²) < 4.78 is 0. The van der Waals surface area contributed by atoms with Crippen LogP contribution >= 0.6 is 35.3 Å². The van der Waals surface area contributed by atoms with Gasteiger partial charge in [-0.25, -0.2) is 0 Å². The predicted octanol–water partition coefficient (Wildman–Crippen LogP) is 2.06. The molecule has 0 amide bonds. The average Bonchev–Trinajstić information content (AvgIpc) is 2.53. The normalized spacial score (nSPS) is 22.4. The van der Waals surface area contributed by atoms with Crippen molar-refractivity contribution in [1.82, 2.24) is 10.6 Å². The number of rotatable bonds is 1. The van der Waals surface area contributed by atoms with Crippen molar-refractivity contribution in [1.29, 1.82) is 0 Å². The van der Waals surface area contributed by atoms with E-state index in [1.165, 1.54) is 4.88 Å². The maximum Gasteiger partial charge on any atom is 0.0561 e. The highest BCUT2D eigenvalue weighted by molar-refractivity contribution is 7.10. The molecule has 0 radical (unpaired) electrons. The van der Waals surface area contributed by atoms with Crippen molar-refractivity contribution in [3.05, 3.63) is 21.3 Å². The third-order valence-corrected chi connectivity index (χ3v) is 3.47. The standard InChI is InChI=1S/C8H11ClN2S.ClH/c9-6-1-4-12-8(6)7-5-10-2-3-11-7;/h1,4,7,10-11H,2-3,5H2;1H/t7-;/m1./s1. The monoisotopic (exact) mass is 238 g/mol. The molecule has 1 saturated heterocycles. The number of hydrogen-bond acceptors (Lipinski definition) is 3. The summed E-state index contributed by atoms with van der Waals surface area (Å²) in [7, 11) is 0. The van der Waals surface area contributed by atoms with Crippen LogP contribution in [0, 0.1) is 0 Å². The predicted molar refractivity (Wildman–Crippen MR) is 60.2 cm³/mol. The SMILES string of the molecule is Cl.Clc1ccsc1[C@H]1CNCCN1. The first-order valence-electron chi connectivity index (χ1n) is 4.05. The van der Waals surface area contributed by atoms with Crippen molar-refractivity contribution in [2.24, 2.45) is 0 Å². The molecule has 0 saturated carbocycles. The van der Waals surface area contributed by atoms with Crippen molar-refractivity contribution < 1.29 is 0 Å². The number of thiophene rings is 1. The maximum absolute atomic E-state index is 6.02. The zero-order valence-electron chi connectivity index (χ0n) is 7.05. The molecule has 1 aromatic heterocycles. The molecule has 1 atom stereocenters. The van der Waals surface area contributed by atoms with Crippen LogP contribution in [0.15, 0.2) is 11.4 Å². The summed E-state index contributed by atoms with van der Waals surface area (Å²) in [6, 6.07) is 2.36. The molecule has 0 aromatic carbocycles. The van der Waals surface area contributed by atoms with Gasteiger partial charge >= 0.3 is 0 Å². The molecule has 1 aliphatic rings. The number of piperazine rings is 1. The van der Waals surface area contributed by atoms with Gasteiger partial charge in [-0.3, -0.25) is 0 Å². The molecule has 0 aliphatic carbocycles. The van der Waals surface area contributed by atoms with Crippen molar-refractivity contribution in [3.8, 4) is 0 Å². The zero-order valence-corrected chi connectivity index (χ0v) is 9.44. The van der Waals surface area contributed by atoms with Crippen LogP contribution in [0.3, 0.4) is 0 Å². The lowest BCUT2D eigenvalue weighted by atomic mass is 10.2. The summed E-state index contributed by atoms with van der Waals surface area (Å²) in [5.74, 6) is 0. The maximum atomic E-state index is 6.02. The Morgan fingerprint density at radius 3 is 2.85 bits per heavy atom. The lowest BCUT2D eigenvalue weighted by Gasteiger charge is -2.23. The topological polar surface area (TPSA) is 24.1 Å². The van der Waals surface area contributed by atoms with E-state index in [1.807, 2.05) is 11.4 Å². The Morgan fingerprint density at radius 2 is 2.31 bits per heavy atom. The molecule has 2 heterocycles. The summed E-state index contributed by atoms with van der Waals surface area (Å²) in [6.45, 7) is 3.07. The van der Waals surface area contributed by atoms with E-state index in [-0.39, 0.29) is 12.4 Å². The minimum absolute atomic E-state index is 0. The van der Waals surface area contributed by atoms with Gasteiger partial charge < -0.3 is 10.6 Å². The van der Waals surface area contributed by atoms with Crippen LogP contribution < -0.4 is 10.6 Å². The van der Waals surface area contributed by atoms with Gasteiger partial charge in [0.1, 0.15) is 0 Å². The minimum atomic E-state index is 0. The smallest absolute Gasteiger partial charge is 0.0561 e. The highest BCUT2D eigenvalue weighted by Crippen LogP contribution is 2.28. The number of halogens is 2. The van der Waals surface area contributed by atoms with Crippen LogP contribution in [0.5, 0.6) is 0 Å². The second-order valence-electron chi connectivity index (χ2n) is 2.84. The molecular weight excluding hydrogens is 227 g/mol. The molecule has 5 heteroatoms. The second-order valence-corrected chi connectivity index (χ2v) is 4.20. The third kappa shape index (κ3) is 2.58. The molecule has 2 nitrogen and oxygen atoms in total. The van der Waals surface area contributed by atoms with Crippen LogP contribution in [0.25, 0.3) is 0 Å². The van der Waals surface area contributed by atoms with Crippen molar-refractivity contribution in [2.45, 2.75) is 6.04 Å². The Morgan fingerprint density at radius 1 is 1.46 bits per heavy atom. The highest BCUT2D eigenvalue weighted by atomic mass is 35.5. The van der Waals surface area contributed by atoms with Crippen LogP contribution in [0.1, 0.15) is 10.9 Å². The van der Waals surface area contributed by atoms with Crippen LogP contribution in [-0.2, 0) is 0 Å². The first kappa shape index (κ1) is 11.3. The van der Waals surface area contributed by atoms with Gasteiger partial charge in [0.15, 0.2) is 0 Å². The molecule has 2 rings (SSSR count). The minimum Gasteiger partial charge on any atom is -0.314 e. The van der Waals surface area contributed by atoms with E-state index in [1.54, 1.807) is 11.3 Å². The zero-order chi connectivity index (χ0) is 8.39. The lowest BCUT2D eigenvalue weighted by molar-refractivity contribution is 0.435. The van der Waals surface area contributed by atoms with Crippen molar-refractivity contribution >= 4 is 35.3 Å². The molecule has 1 fully saturated rings. The Kier molecular flexibility index (Phi) is 4.49. The first-order chi connectivity index (χ1) is 5.88. The Hall–Kier alpha value is 0.200. The Balaban J connectivity index is 0.000000845. The van der Waals surface area contributed by atoms with E-state index in [2.05, 4.69) is 10.6 Å². The van der Waals surface area contributed by atoms with E-state index in [4.69, 9.17) is 11.6 Å². The van der Waals surface area contributed by atoms with Crippen LogP contribution in [0.4, 0.5) is 0 Å². The molecule has 74 valence electrons. The van der Waals surface area contributed by atoms with E-state index in [0.717, 1.165) is 24.7 Å². The molecule has 0 spiro atoms. The van der Waals surface area contributed by atoms with Gasteiger partial charge in [-0.05, 0) is 11.4 Å². The molecule has 1 aliphatic heterocycles. The van der Waals surface area contributed by atoms with Gasteiger partial charge in [-0.15, -0.1) is 23.7 Å². The Labute approximate surface area is 93.1 Å². The van der Waals surface area contributed by atoms with E-state index >= 15 is 0 Å². The van der Waals surface area contributed by atoms with Crippen LogP contribution in [0.2, 0.25) is 5.02 Å². The van der Waals surface area contributed by atoms with Crippen molar-refractivity contribution in [2.75, 3.05) is 19.6 Å². The van der Waals surface area contributed by atoms with E-state index < -0.39 is 0 Å².